The topological polar surface area (TPSA) is 50.2 Å². The van der Waals surface area contributed by atoms with Crippen molar-refractivity contribution in [1.29, 1.82) is 0 Å². The second-order valence-corrected chi connectivity index (χ2v) is 5.88. The van der Waals surface area contributed by atoms with Crippen molar-refractivity contribution >= 4 is 33.8 Å². The molecular weight excluding hydrogens is 316 g/mol. The van der Waals surface area contributed by atoms with Gasteiger partial charge in [-0.3, -0.25) is 10.4 Å². The summed E-state index contributed by atoms with van der Waals surface area (Å²) in [5.74, 6) is 0. The van der Waals surface area contributed by atoms with Gasteiger partial charge in [0, 0.05) is 33.9 Å². The quantitative estimate of drug-likeness (QED) is 0.558. The Hall–Kier alpha value is -2.24. The van der Waals surface area contributed by atoms with E-state index in [1.54, 1.807) is 12.4 Å². The predicted octanol–water partition coefficient (Wildman–Crippen LogP) is 4.69. The van der Waals surface area contributed by atoms with E-state index in [1.165, 1.54) is 11.3 Å². The number of hydrogen-bond donors (Lipinski definition) is 1. The van der Waals surface area contributed by atoms with E-state index in [2.05, 4.69) is 20.5 Å². The van der Waals surface area contributed by atoms with Crippen molar-refractivity contribution in [1.82, 2.24) is 9.97 Å². The summed E-state index contributed by atoms with van der Waals surface area (Å²) in [5.41, 5.74) is 6.83. The van der Waals surface area contributed by atoms with Crippen molar-refractivity contribution in [2.24, 2.45) is 5.10 Å². The smallest absolute Gasteiger partial charge is 0.203 e. The molecule has 0 aliphatic heterocycles. The van der Waals surface area contributed by atoms with Crippen LogP contribution in [0.3, 0.4) is 0 Å². The average molecular weight is 329 g/mol. The molecule has 0 radical (unpaired) electrons. The summed E-state index contributed by atoms with van der Waals surface area (Å²) in [6, 6.07) is 11.5. The number of benzene rings is 1. The second kappa shape index (κ2) is 6.68. The maximum atomic E-state index is 5.89. The van der Waals surface area contributed by atoms with Gasteiger partial charge in [-0.25, -0.2) is 4.98 Å². The maximum Gasteiger partial charge on any atom is 0.203 e. The number of nitrogens with one attached hydrogen (secondary N) is 1. The molecule has 2 heterocycles. The van der Waals surface area contributed by atoms with Crippen LogP contribution in [0.15, 0.2) is 59.3 Å². The molecule has 3 aromatic rings. The van der Waals surface area contributed by atoms with Crippen LogP contribution in [0.4, 0.5) is 5.13 Å². The highest BCUT2D eigenvalue weighted by Gasteiger charge is 2.04. The number of thiazole rings is 1. The number of pyridine rings is 1. The van der Waals surface area contributed by atoms with Crippen molar-refractivity contribution in [2.75, 3.05) is 5.43 Å². The van der Waals surface area contributed by atoms with Crippen LogP contribution in [0.25, 0.3) is 11.3 Å². The molecule has 0 saturated heterocycles. The van der Waals surface area contributed by atoms with Crippen molar-refractivity contribution in [2.45, 2.75) is 6.92 Å². The van der Waals surface area contributed by atoms with Gasteiger partial charge in [-0.15, -0.1) is 11.3 Å². The SMILES string of the molecule is C/C(=N/Nc1nc(-c2ccc(Cl)cc2)cs1)c1ccncc1. The molecule has 1 aromatic carbocycles. The summed E-state index contributed by atoms with van der Waals surface area (Å²) in [7, 11) is 0. The van der Waals surface area contributed by atoms with Crippen molar-refractivity contribution in [3.63, 3.8) is 0 Å². The third-order valence-electron chi connectivity index (χ3n) is 3.06. The first kappa shape index (κ1) is 14.7. The standard InChI is InChI=1S/C16H13ClN4S/c1-11(12-6-8-18-9-7-12)20-21-16-19-15(10-22-16)13-2-4-14(17)5-3-13/h2-10H,1H3,(H,19,21)/b20-11-. The lowest BCUT2D eigenvalue weighted by atomic mass is 10.2. The Balaban J connectivity index is 1.73. The lowest BCUT2D eigenvalue weighted by molar-refractivity contribution is 1.26. The molecule has 6 heteroatoms. The molecular formula is C16H13ClN4S. The molecule has 2 aromatic heterocycles. The van der Waals surface area contributed by atoms with E-state index in [4.69, 9.17) is 11.6 Å². The molecule has 0 bridgehead atoms. The third-order valence-corrected chi connectivity index (χ3v) is 4.06. The maximum absolute atomic E-state index is 5.89. The summed E-state index contributed by atoms with van der Waals surface area (Å²) in [5, 5.41) is 7.81. The van der Waals surface area contributed by atoms with Crippen LogP contribution in [0, 0.1) is 0 Å². The summed E-state index contributed by atoms with van der Waals surface area (Å²) in [6.45, 7) is 1.94. The number of halogens is 1. The van der Waals surface area contributed by atoms with E-state index >= 15 is 0 Å². The fourth-order valence-electron chi connectivity index (χ4n) is 1.87. The van der Waals surface area contributed by atoms with E-state index in [-0.39, 0.29) is 0 Å². The van der Waals surface area contributed by atoms with Gasteiger partial charge in [-0.2, -0.15) is 5.10 Å². The third kappa shape index (κ3) is 3.50. The van der Waals surface area contributed by atoms with Gasteiger partial charge in [-0.1, -0.05) is 23.7 Å². The van der Waals surface area contributed by atoms with Crippen LogP contribution in [0.5, 0.6) is 0 Å². The molecule has 0 aliphatic rings. The molecule has 110 valence electrons. The Morgan fingerprint density at radius 2 is 1.86 bits per heavy atom. The monoisotopic (exact) mass is 328 g/mol. The number of hydrogen-bond acceptors (Lipinski definition) is 5. The predicted molar refractivity (Wildman–Crippen MR) is 92.6 cm³/mol. The van der Waals surface area contributed by atoms with Gasteiger partial charge in [0.2, 0.25) is 5.13 Å². The lowest BCUT2D eigenvalue weighted by Gasteiger charge is -2.00. The summed E-state index contributed by atoms with van der Waals surface area (Å²) < 4.78 is 0. The first-order chi connectivity index (χ1) is 10.7. The van der Waals surface area contributed by atoms with Crippen LogP contribution in [-0.4, -0.2) is 15.7 Å². The highest BCUT2D eigenvalue weighted by atomic mass is 35.5. The first-order valence-corrected chi connectivity index (χ1v) is 7.90. The zero-order valence-electron chi connectivity index (χ0n) is 11.8. The highest BCUT2D eigenvalue weighted by molar-refractivity contribution is 7.14. The summed E-state index contributed by atoms with van der Waals surface area (Å²) in [4.78, 5) is 8.51. The Kier molecular flexibility index (Phi) is 4.46. The molecule has 0 unspecified atom stereocenters. The number of nitrogens with zero attached hydrogens (tertiary/aromatic N) is 3. The molecule has 3 rings (SSSR count). The Labute approximate surface area is 137 Å². The van der Waals surface area contributed by atoms with Crippen molar-refractivity contribution < 1.29 is 0 Å². The minimum Gasteiger partial charge on any atom is -0.265 e. The van der Waals surface area contributed by atoms with E-state index in [1.807, 2.05) is 48.7 Å². The zero-order chi connectivity index (χ0) is 15.4. The Morgan fingerprint density at radius 3 is 2.59 bits per heavy atom. The van der Waals surface area contributed by atoms with Gasteiger partial charge in [0.25, 0.3) is 0 Å². The van der Waals surface area contributed by atoms with Crippen LogP contribution in [0.1, 0.15) is 12.5 Å². The van der Waals surface area contributed by atoms with Gasteiger partial charge in [0.15, 0.2) is 0 Å². The normalized spacial score (nSPS) is 11.5. The fourth-order valence-corrected chi connectivity index (χ4v) is 2.66. The van der Waals surface area contributed by atoms with Gasteiger partial charge < -0.3 is 0 Å². The number of rotatable bonds is 4. The molecule has 0 saturated carbocycles. The molecule has 0 amide bonds. The number of anilines is 1. The van der Waals surface area contributed by atoms with Crippen LogP contribution in [0.2, 0.25) is 5.02 Å². The van der Waals surface area contributed by atoms with Crippen LogP contribution < -0.4 is 5.43 Å². The minimum absolute atomic E-state index is 0.718. The van der Waals surface area contributed by atoms with E-state index in [9.17, 15) is 0 Å². The fraction of sp³-hybridized carbons (Fsp3) is 0.0625. The van der Waals surface area contributed by atoms with E-state index in [0.717, 1.165) is 32.7 Å². The molecule has 22 heavy (non-hydrogen) atoms. The average Bonchev–Trinajstić information content (AvgIpc) is 3.03. The van der Waals surface area contributed by atoms with Crippen molar-refractivity contribution in [3.05, 3.63) is 64.8 Å². The molecule has 1 N–H and O–H groups in total. The molecule has 0 spiro atoms. The number of aromatic nitrogens is 2. The molecule has 0 fully saturated rings. The lowest BCUT2D eigenvalue weighted by Crippen LogP contribution is -1.99. The highest BCUT2D eigenvalue weighted by Crippen LogP contribution is 2.26. The second-order valence-electron chi connectivity index (χ2n) is 4.59. The van der Waals surface area contributed by atoms with Crippen LogP contribution >= 0.6 is 22.9 Å². The van der Waals surface area contributed by atoms with E-state index in [0.29, 0.717) is 0 Å². The largest absolute Gasteiger partial charge is 0.265 e. The Bertz CT molecular complexity index is 781. The molecule has 4 nitrogen and oxygen atoms in total. The minimum atomic E-state index is 0.718. The van der Waals surface area contributed by atoms with Crippen LogP contribution in [-0.2, 0) is 0 Å². The molecule has 0 atom stereocenters. The summed E-state index contributed by atoms with van der Waals surface area (Å²) in [6.07, 6.45) is 3.49. The Morgan fingerprint density at radius 1 is 1.14 bits per heavy atom. The van der Waals surface area contributed by atoms with Gasteiger partial charge in [0.1, 0.15) is 0 Å². The number of hydrazone groups is 1. The summed E-state index contributed by atoms with van der Waals surface area (Å²) >= 11 is 7.41. The zero-order valence-corrected chi connectivity index (χ0v) is 13.4. The van der Waals surface area contributed by atoms with Gasteiger partial charge in [0.05, 0.1) is 11.4 Å². The van der Waals surface area contributed by atoms with Gasteiger partial charge >= 0.3 is 0 Å². The first-order valence-electron chi connectivity index (χ1n) is 6.64. The molecule has 0 aliphatic carbocycles. The van der Waals surface area contributed by atoms with Crippen molar-refractivity contribution in [3.8, 4) is 11.3 Å². The van der Waals surface area contributed by atoms with Gasteiger partial charge in [-0.05, 0) is 31.2 Å². The van der Waals surface area contributed by atoms with E-state index < -0.39 is 0 Å².